The standard InChI is InChI=1S/C5H13N2.F6P/c1-7(2)4-3-6-5-7;1-7(2,3,4,5)6/h6H,3-5H2,1-2H3;/q+1;-1. The third-order valence-corrected chi connectivity index (χ3v) is 1.43. The number of quaternary nitrogens is 1. The van der Waals surface area contributed by atoms with E-state index in [9.17, 15) is 25.2 Å². The minimum absolute atomic E-state index is 1.14. The summed E-state index contributed by atoms with van der Waals surface area (Å²) in [5.41, 5.74) is 0. The number of halogens is 6. The van der Waals surface area contributed by atoms with Crippen LogP contribution in [0.25, 0.3) is 0 Å². The first-order valence-electron chi connectivity index (χ1n) is 3.75. The van der Waals surface area contributed by atoms with Crippen molar-refractivity contribution in [3.63, 3.8) is 0 Å². The molecule has 0 bridgehead atoms. The molecule has 0 amide bonds. The monoisotopic (exact) mass is 246 g/mol. The maximum absolute atomic E-state index is 10.7. The molecule has 0 unspecified atom stereocenters. The predicted octanol–water partition coefficient (Wildman–Crippen LogP) is 3.01. The van der Waals surface area contributed by atoms with Gasteiger partial charge in [0, 0.05) is 6.54 Å². The first-order chi connectivity index (χ1) is 5.66. The molecule has 1 heterocycles. The van der Waals surface area contributed by atoms with Crippen LogP contribution in [0.4, 0.5) is 25.2 Å². The van der Waals surface area contributed by atoms with Crippen LogP contribution in [0.15, 0.2) is 0 Å². The molecule has 9 heteroatoms. The van der Waals surface area contributed by atoms with E-state index in [1.54, 1.807) is 0 Å². The second-order valence-corrected chi connectivity index (χ2v) is 5.69. The van der Waals surface area contributed by atoms with Gasteiger partial charge in [-0.2, -0.15) is 0 Å². The van der Waals surface area contributed by atoms with E-state index in [0.717, 1.165) is 11.2 Å². The first kappa shape index (κ1) is 13.9. The molecule has 1 aliphatic rings. The number of likely N-dealkylation sites (N-methyl/N-ethyl adjacent to an activating group) is 1. The average Bonchev–Trinajstić information content (AvgIpc) is 2.03. The molecule has 0 atom stereocenters. The van der Waals surface area contributed by atoms with Gasteiger partial charge >= 0.3 is 33.0 Å². The Balaban J connectivity index is 0.000000241. The van der Waals surface area contributed by atoms with Gasteiger partial charge in [0.15, 0.2) is 0 Å². The summed E-state index contributed by atoms with van der Waals surface area (Å²) in [7, 11) is -6.19. The van der Waals surface area contributed by atoms with Crippen LogP contribution in [-0.4, -0.2) is 38.3 Å². The summed E-state index contributed by atoms with van der Waals surface area (Å²) in [6, 6.07) is 0. The molecule has 1 saturated heterocycles. The molecule has 1 N–H and O–H groups in total. The van der Waals surface area contributed by atoms with Crippen molar-refractivity contribution in [2.45, 2.75) is 0 Å². The molecule has 1 rings (SSSR count). The van der Waals surface area contributed by atoms with E-state index in [2.05, 4.69) is 19.4 Å². The van der Waals surface area contributed by atoms with Gasteiger partial charge in [0.2, 0.25) is 0 Å². The Labute approximate surface area is 77.7 Å². The topological polar surface area (TPSA) is 12.0 Å². The number of nitrogens with one attached hydrogen (secondary N) is 1. The summed E-state index contributed by atoms with van der Waals surface area (Å²) in [4.78, 5) is 0. The van der Waals surface area contributed by atoms with Crippen LogP contribution in [0.3, 0.4) is 0 Å². The molecule has 90 valence electrons. The number of nitrogens with zero attached hydrogens (tertiary/aromatic N) is 1. The summed E-state index contributed by atoms with van der Waals surface area (Å²) in [5.74, 6) is 0. The number of hydrogen-bond donors (Lipinski definition) is 1. The average molecular weight is 246 g/mol. The molecule has 14 heavy (non-hydrogen) atoms. The van der Waals surface area contributed by atoms with Gasteiger partial charge in [0.05, 0.1) is 20.6 Å². The second kappa shape index (κ2) is 2.96. The molecule has 1 aliphatic heterocycles. The Kier molecular flexibility index (Phi) is 2.95. The summed E-state index contributed by atoms with van der Waals surface area (Å²) in [6.07, 6.45) is 0. The van der Waals surface area contributed by atoms with Crippen LogP contribution >= 0.6 is 7.81 Å². The fourth-order valence-electron chi connectivity index (χ4n) is 0.842. The van der Waals surface area contributed by atoms with Crippen LogP contribution in [0.1, 0.15) is 0 Å². The van der Waals surface area contributed by atoms with Crippen LogP contribution in [0, 0.1) is 0 Å². The zero-order valence-corrected chi connectivity index (χ0v) is 8.68. The molecular weight excluding hydrogens is 233 g/mol. The van der Waals surface area contributed by atoms with E-state index in [4.69, 9.17) is 0 Å². The maximum atomic E-state index is 9.87. The SMILES string of the molecule is C[N+]1(C)CCNC1.F[P-](F)(F)(F)(F)F. The van der Waals surface area contributed by atoms with E-state index in [1.807, 2.05) is 0 Å². The van der Waals surface area contributed by atoms with E-state index in [1.165, 1.54) is 13.1 Å². The van der Waals surface area contributed by atoms with Gasteiger partial charge in [0.1, 0.15) is 6.67 Å². The zero-order chi connectivity index (χ0) is 11.7. The van der Waals surface area contributed by atoms with Crippen molar-refractivity contribution in [3.8, 4) is 0 Å². The van der Waals surface area contributed by atoms with Crippen molar-refractivity contribution < 1.29 is 29.7 Å². The Morgan fingerprint density at radius 1 is 1.00 bits per heavy atom. The van der Waals surface area contributed by atoms with Crippen molar-refractivity contribution in [1.29, 1.82) is 0 Å². The van der Waals surface area contributed by atoms with Gasteiger partial charge in [-0.15, -0.1) is 0 Å². The number of hydrogen-bond acceptors (Lipinski definition) is 1. The second-order valence-electron chi connectivity index (χ2n) is 3.78. The van der Waals surface area contributed by atoms with Crippen LogP contribution in [-0.2, 0) is 0 Å². The van der Waals surface area contributed by atoms with Crippen molar-refractivity contribution in [1.82, 2.24) is 5.32 Å². The molecule has 0 aromatic rings. The molecule has 0 saturated carbocycles. The Hall–Kier alpha value is -0.0700. The minimum atomic E-state index is -10.7. The van der Waals surface area contributed by atoms with Crippen molar-refractivity contribution in [2.75, 3.05) is 33.9 Å². The zero-order valence-electron chi connectivity index (χ0n) is 7.78. The van der Waals surface area contributed by atoms with Gasteiger partial charge in [-0.3, -0.25) is 5.32 Å². The van der Waals surface area contributed by atoms with Crippen molar-refractivity contribution in [2.24, 2.45) is 0 Å². The van der Waals surface area contributed by atoms with E-state index >= 15 is 0 Å². The van der Waals surface area contributed by atoms with Gasteiger partial charge < -0.3 is 4.48 Å². The van der Waals surface area contributed by atoms with E-state index < -0.39 is 7.81 Å². The number of rotatable bonds is 0. The molecule has 0 aliphatic carbocycles. The predicted molar refractivity (Wildman–Crippen MR) is 43.4 cm³/mol. The van der Waals surface area contributed by atoms with Gasteiger partial charge in [0.25, 0.3) is 0 Å². The Bertz CT molecular complexity index is 186. The van der Waals surface area contributed by atoms with Crippen LogP contribution in [0.5, 0.6) is 0 Å². The molecule has 2 nitrogen and oxygen atoms in total. The Morgan fingerprint density at radius 3 is 1.43 bits per heavy atom. The van der Waals surface area contributed by atoms with Crippen molar-refractivity contribution in [3.05, 3.63) is 0 Å². The third kappa shape index (κ3) is 17.9. The van der Waals surface area contributed by atoms with E-state index in [-0.39, 0.29) is 0 Å². The van der Waals surface area contributed by atoms with E-state index in [0.29, 0.717) is 0 Å². The first-order valence-corrected chi connectivity index (χ1v) is 5.78. The summed E-state index contributed by atoms with van der Waals surface area (Å²) < 4.78 is 60.3. The fourth-order valence-corrected chi connectivity index (χ4v) is 0.842. The van der Waals surface area contributed by atoms with Gasteiger partial charge in [-0.05, 0) is 0 Å². The van der Waals surface area contributed by atoms with Crippen LogP contribution < -0.4 is 5.32 Å². The molecule has 0 radical (unpaired) electrons. The summed E-state index contributed by atoms with van der Waals surface area (Å²) >= 11 is 0. The summed E-state index contributed by atoms with van der Waals surface area (Å²) in [6.45, 7) is 3.60. The molecule has 0 aromatic carbocycles. The quantitative estimate of drug-likeness (QED) is 0.393. The normalized spacial score (nSPS) is 25.7. The van der Waals surface area contributed by atoms with Gasteiger partial charge in [-0.25, -0.2) is 0 Å². The molecule has 1 fully saturated rings. The molecule has 0 spiro atoms. The fraction of sp³-hybridized carbons (Fsp3) is 1.00. The van der Waals surface area contributed by atoms with Crippen molar-refractivity contribution >= 4 is 7.81 Å². The summed E-state index contributed by atoms with van der Waals surface area (Å²) in [5, 5.41) is 3.28. The third-order valence-electron chi connectivity index (χ3n) is 1.43. The molecular formula is C5H13F6N2P. The Morgan fingerprint density at radius 2 is 1.36 bits per heavy atom. The molecule has 0 aromatic heterocycles. The van der Waals surface area contributed by atoms with Gasteiger partial charge in [-0.1, -0.05) is 0 Å². The van der Waals surface area contributed by atoms with Crippen LogP contribution in [0.2, 0.25) is 0 Å².